The summed E-state index contributed by atoms with van der Waals surface area (Å²) in [6.45, 7) is -3.07. The van der Waals surface area contributed by atoms with Crippen LogP contribution in [-0.2, 0) is 13.6 Å². The molecule has 2 aromatic carbocycles. The van der Waals surface area contributed by atoms with E-state index in [1.54, 1.807) is 5.32 Å². The van der Waals surface area contributed by atoms with Gasteiger partial charge in [0.1, 0.15) is 30.5 Å². The number of anilines is 2. The lowest BCUT2D eigenvalue weighted by molar-refractivity contribution is -0.287. The molecule has 0 saturated heterocycles. The lowest BCUT2D eigenvalue weighted by Crippen LogP contribution is -2.57. The van der Waals surface area contributed by atoms with Crippen LogP contribution in [-0.4, -0.2) is 58.7 Å². The molecule has 1 aromatic heterocycles. The van der Waals surface area contributed by atoms with Crippen molar-refractivity contribution >= 4 is 51.8 Å². The van der Waals surface area contributed by atoms with Crippen molar-refractivity contribution in [2.45, 2.75) is 50.8 Å². The first kappa shape index (κ1) is 33.8. The Morgan fingerprint density at radius 2 is 1.84 bits per heavy atom. The molecule has 1 amide bonds. The normalized spacial score (nSPS) is 15.8. The molecular formula is C26H25Cl2F8N5O3. The van der Waals surface area contributed by atoms with Crippen molar-refractivity contribution in [3.63, 3.8) is 0 Å². The van der Waals surface area contributed by atoms with E-state index in [4.69, 9.17) is 27.9 Å². The largest absolute Gasteiger partial charge is 0.487 e. The number of rotatable bonds is 11. The fourth-order valence-corrected chi connectivity index (χ4v) is 5.22. The number of alkyl halides is 8. The predicted molar refractivity (Wildman–Crippen MR) is 146 cm³/mol. The first-order valence-electron chi connectivity index (χ1n) is 12.9. The molecule has 1 aliphatic carbocycles. The van der Waals surface area contributed by atoms with E-state index in [1.807, 2.05) is 0 Å². The molecule has 0 bridgehead atoms. The number of ether oxygens (including phenoxy) is 1. The summed E-state index contributed by atoms with van der Waals surface area (Å²) in [7, 11) is 1.48. The lowest BCUT2D eigenvalue weighted by Gasteiger charge is -2.46. The van der Waals surface area contributed by atoms with E-state index in [1.165, 1.54) is 23.7 Å². The van der Waals surface area contributed by atoms with Crippen LogP contribution in [0.2, 0.25) is 10.0 Å². The number of imidazole rings is 1. The Morgan fingerprint density at radius 1 is 1.16 bits per heavy atom. The quantitative estimate of drug-likeness (QED) is 0.133. The minimum Gasteiger partial charge on any atom is -0.487 e. The van der Waals surface area contributed by atoms with Gasteiger partial charge in [-0.1, -0.05) is 35.7 Å². The third kappa shape index (κ3) is 7.08. The molecule has 1 saturated carbocycles. The number of aromatic nitrogens is 2. The molecule has 242 valence electrons. The Bertz CT molecular complexity index is 1530. The number of hydrogen-bond acceptors (Lipinski definition) is 6. The Kier molecular flexibility index (Phi) is 9.78. The van der Waals surface area contributed by atoms with Crippen LogP contribution in [0.5, 0.6) is 5.75 Å². The summed E-state index contributed by atoms with van der Waals surface area (Å²) >= 11 is 12.8. The van der Waals surface area contributed by atoms with Crippen LogP contribution in [0.15, 0.2) is 24.3 Å². The number of amides is 1. The van der Waals surface area contributed by atoms with E-state index in [0.717, 1.165) is 12.1 Å². The van der Waals surface area contributed by atoms with E-state index in [-0.39, 0.29) is 57.7 Å². The molecule has 0 radical (unpaired) electrons. The van der Waals surface area contributed by atoms with Crippen LogP contribution in [0, 0.1) is 5.41 Å². The van der Waals surface area contributed by atoms with Crippen molar-refractivity contribution in [3.8, 4) is 5.75 Å². The summed E-state index contributed by atoms with van der Waals surface area (Å²) in [6, 6.07) is 5.07. The second-order valence-electron chi connectivity index (χ2n) is 10.1. The number of halogens is 10. The van der Waals surface area contributed by atoms with Crippen molar-refractivity contribution in [2.75, 3.05) is 18.5 Å². The third-order valence-electron chi connectivity index (χ3n) is 7.27. The van der Waals surface area contributed by atoms with Gasteiger partial charge in [-0.25, -0.2) is 13.8 Å². The van der Waals surface area contributed by atoms with Crippen molar-refractivity contribution in [2.24, 2.45) is 12.5 Å². The molecule has 4 N–H and O–H groups in total. The average Bonchev–Trinajstić information content (AvgIpc) is 3.19. The van der Waals surface area contributed by atoms with Gasteiger partial charge >= 0.3 is 12.4 Å². The molecule has 44 heavy (non-hydrogen) atoms. The number of nitrogens with one attached hydrogen (secondary N) is 3. The first-order chi connectivity index (χ1) is 20.4. The smallest absolute Gasteiger partial charge is 0.405 e. The first-order valence-corrected chi connectivity index (χ1v) is 13.7. The molecule has 1 fully saturated rings. The highest BCUT2D eigenvalue weighted by molar-refractivity contribution is 6.39. The fourth-order valence-electron chi connectivity index (χ4n) is 4.69. The van der Waals surface area contributed by atoms with Gasteiger partial charge in [-0.3, -0.25) is 10.1 Å². The van der Waals surface area contributed by atoms with Gasteiger partial charge in [-0.15, -0.1) is 0 Å². The number of aryl methyl sites for hydroxylation is 1. The Balaban J connectivity index is 1.62. The summed E-state index contributed by atoms with van der Waals surface area (Å²) in [6.07, 6.45) is -14.3. The lowest BCUT2D eigenvalue weighted by atomic mass is 9.66. The van der Waals surface area contributed by atoms with Crippen LogP contribution in [0.3, 0.4) is 0 Å². The number of fused-ring (bicyclic) bond motifs is 1. The van der Waals surface area contributed by atoms with Gasteiger partial charge in [0.15, 0.2) is 0 Å². The minimum absolute atomic E-state index is 0.0212. The molecule has 4 rings (SSSR count). The number of carbonyl (C=O) groups excluding carboxylic acids is 1. The minimum atomic E-state index is -4.73. The molecule has 1 unspecified atom stereocenters. The van der Waals surface area contributed by atoms with Crippen LogP contribution in [0.1, 0.15) is 35.2 Å². The van der Waals surface area contributed by atoms with Crippen LogP contribution in [0.25, 0.3) is 11.0 Å². The van der Waals surface area contributed by atoms with Crippen molar-refractivity contribution in [1.29, 1.82) is 0 Å². The average molecular weight is 678 g/mol. The second kappa shape index (κ2) is 12.7. The molecule has 18 heteroatoms. The predicted octanol–water partition coefficient (Wildman–Crippen LogP) is 6.70. The monoisotopic (exact) mass is 677 g/mol. The fraction of sp³-hybridized carbons (Fsp3) is 0.462. The van der Waals surface area contributed by atoms with Gasteiger partial charge < -0.3 is 25.0 Å². The Morgan fingerprint density at radius 3 is 2.41 bits per heavy atom. The topological polar surface area (TPSA) is 100 Å². The Hall–Kier alpha value is -3.08. The molecule has 3 aromatic rings. The number of nitrogens with zero attached hydrogens (tertiary/aromatic N) is 2. The number of aliphatic hydroxyl groups excluding tert-OH is 1. The number of carbonyl (C=O) groups is 1. The number of benzene rings is 2. The Labute approximate surface area is 254 Å². The highest BCUT2D eigenvalue weighted by Gasteiger charge is 2.62. The summed E-state index contributed by atoms with van der Waals surface area (Å²) < 4.78 is 111. The molecule has 0 spiro atoms. The number of hydrogen-bond donors (Lipinski definition) is 4. The van der Waals surface area contributed by atoms with Gasteiger partial charge in [0.05, 0.1) is 32.3 Å². The summed E-state index contributed by atoms with van der Waals surface area (Å²) in [5.41, 5.74) is -2.11. The van der Waals surface area contributed by atoms with Gasteiger partial charge in [0.25, 0.3) is 12.3 Å². The van der Waals surface area contributed by atoms with Crippen LogP contribution in [0.4, 0.5) is 46.8 Å². The zero-order chi connectivity index (χ0) is 32.6. The van der Waals surface area contributed by atoms with E-state index < -0.39 is 60.8 Å². The molecule has 1 aliphatic rings. The van der Waals surface area contributed by atoms with E-state index in [2.05, 4.69) is 15.6 Å². The summed E-state index contributed by atoms with van der Waals surface area (Å²) in [4.78, 5) is 16.8. The van der Waals surface area contributed by atoms with Crippen LogP contribution >= 0.6 is 23.2 Å². The van der Waals surface area contributed by atoms with Gasteiger partial charge in [0, 0.05) is 19.7 Å². The highest BCUT2D eigenvalue weighted by Crippen LogP contribution is 2.54. The zero-order valence-electron chi connectivity index (χ0n) is 22.6. The molecule has 1 atom stereocenters. The van der Waals surface area contributed by atoms with E-state index in [0.29, 0.717) is 6.42 Å². The molecule has 0 aliphatic heterocycles. The maximum absolute atomic E-state index is 13.6. The van der Waals surface area contributed by atoms with Crippen molar-refractivity contribution in [1.82, 2.24) is 20.2 Å². The molecular weight excluding hydrogens is 653 g/mol. The standard InChI is InChI=1S/C26H25Cl2F8N5O3/c1-41-16-8-17(44-10-18(29)30)13(21(42)38-11-25(31,32)33)7-15(16)39-23(41)40-20-14(27)4-3-12(19(20)28)9-37-22(43)24(5-2-6-24)26(34,35)36/h3-4,7-8,18,22,37,43H,2,5-6,9-11H2,1H3,(H,38,42)(H,39,40). The van der Waals surface area contributed by atoms with Crippen LogP contribution < -0.4 is 20.7 Å². The van der Waals surface area contributed by atoms with Gasteiger partial charge in [-0.05, 0) is 30.5 Å². The summed E-state index contributed by atoms with van der Waals surface area (Å²) in [5, 5.41) is 17.4. The SMILES string of the molecule is Cn1c(Nc2c(Cl)ccc(CNC(O)C3(C(F)(F)F)CCC3)c2Cl)nc2cc(C(=O)NCC(F)(F)F)c(OCC(F)F)cc21. The van der Waals surface area contributed by atoms with E-state index >= 15 is 0 Å². The highest BCUT2D eigenvalue weighted by atomic mass is 35.5. The molecule has 1 heterocycles. The zero-order valence-corrected chi connectivity index (χ0v) is 24.2. The molecule has 8 nitrogen and oxygen atoms in total. The van der Waals surface area contributed by atoms with Crippen molar-refractivity contribution in [3.05, 3.63) is 45.4 Å². The third-order valence-corrected chi connectivity index (χ3v) is 8.02. The second-order valence-corrected chi connectivity index (χ2v) is 10.9. The van der Waals surface area contributed by atoms with Gasteiger partial charge in [0.2, 0.25) is 5.95 Å². The van der Waals surface area contributed by atoms with Gasteiger partial charge in [-0.2, -0.15) is 26.3 Å². The maximum atomic E-state index is 13.6. The van der Waals surface area contributed by atoms with E-state index in [9.17, 15) is 45.0 Å². The summed E-state index contributed by atoms with van der Waals surface area (Å²) in [5.74, 6) is -1.62. The number of aliphatic hydroxyl groups is 1. The maximum Gasteiger partial charge on any atom is 0.405 e. The van der Waals surface area contributed by atoms with Crippen molar-refractivity contribution < 1.29 is 49.8 Å².